The van der Waals surface area contributed by atoms with Crippen LogP contribution >= 0.6 is 0 Å². The molecule has 2 unspecified atom stereocenters. The summed E-state index contributed by atoms with van der Waals surface area (Å²) in [5, 5.41) is 3.39. The summed E-state index contributed by atoms with van der Waals surface area (Å²) < 4.78 is 13.9. The number of carbonyl (C=O) groups excluding carboxylic acids is 1. The summed E-state index contributed by atoms with van der Waals surface area (Å²) in [5.41, 5.74) is 0.748. The van der Waals surface area contributed by atoms with Crippen LogP contribution in [0.25, 0.3) is 0 Å². The zero-order chi connectivity index (χ0) is 18.4. The van der Waals surface area contributed by atoms with Crippen LogP contribution in [0.1, 0.15) is 38.7 Å². The summed E-state index contributed by atoms with van der Waals surface area (Å²) in [7, 11) is 1.86. The molecule has 2 rings (SSSR count). The van der Waals surface area contributed by atoms with E-state index < -0.39 is 0 Å². The third-order valence-corrected chi connectivity index (χ3v) is 4.57. The smallest absolute Gasteiger partial charge is 0.242 e. The second kappa shape index (κ2) is 8.83. The number of guanidine groups is 1. The van der Waals surface area contributed by atoms with Gasteiger partial charge in [0, 0.05) is 38.6 Å². The van der Waals surface area contributed by atoms with Crippen molar-refractivity contribution in [3.8, 4) is 0 Å². The molecule has 0 bridgehead atoms. The summed E-state index contributed by atoms with van der Waals surface area (Å²) in [6.45, 7) is 8.23. The highest BCUT2D eigenvalue weighted by molar-refractivity contribution is 5.86. The first kappa shape index (κ1) is 19.2. The molecule has 0 radical (unpaired) electrons. The molecule has 2 atom stereocenters. The highest BCUT2D eigenvalue weighted by Crippen LogP contribution is 2.41. The van der Waals surface area contributed by atoms with E-state index in [9.17, 15) is 9.18 Å². The number of aliphatic imine (C=N–C) groups is 1. The maximum atomic E-state index is 13.9. The van der Waals surface area contributed by atoms with Crippen LogP contribution < -0.4 is 5.32 Å². The van der Waals surface area contributed by atoms with Gasteiger partial charge in [-0.05, 0) is 38.8 Å². The van der Waals surface area contributed by atoms with E-state index in [0.29, 0.717) is 25.6 Å². The molecule has 0 aliphatic heterocycles. The van der Waals surface area contributed by atoms with Gasteiger partial charge in [0.15, 0.2) is 5.96 Å². The van der Waals surface area contributed by atoms with Crippen molar-refractivity contribution in [1.29, 1.82) is 0 Å². The summed E-state index contributed by atoms with van der Waals surface area (Å²) in [5.74, 6) is 0.789. The lowest BCUT2D eigenvalue weighted by Gasteiger charge is -2.26. The zero-order valence-corrected chi connectivity index (χ0v) is 15.6. The average Bonchev–Trinajstić information content (AvgIpc) is 3.35. The van der Waals surface area contributed by atoms with E-state index in [1.165, 1.54) is 6.07 Å². The quantitative estimate of drug-likeness (QED) is 0.608. The Morgan fingerprint density at radius 3 is 2.56 bits per heavy atom. The van der Waals surface area contributed by atoms with Crippen LogP contribution in [0.2, 0.25) is 0 Å². The van der Waals surface area contributed by atoms with E-state index in [1.807, 2.05) is 44.9 Å². The van der Waals surface area contributed by atoms with Crippen molar-refractivity contribution >= 4 is 11.9 Å². The maximum absolute atomic E-state index is 13.9. The monoisotopic (exact) mass is 348 g/mol. The van der Waals surface area contributed by atoms with Crippen molar-refractivity contribution in [2.45, 2.75) is 39.2 Å². The minimum absolute atomic E-state index is 0.0829. The van der Waals surface area contributed by atoms with Gasteiger partial charge in [-0.2, -0.15) is 0 Å². The fourth-order valence-corrected chi connectivity index (χ4v) is 3.02. The van der Waals surface area contributed by atoms with E-state index in [4.69, 9.17) is 0 Å². The third kappa shape index (κ3) is 4.94. The topological polar surface area (TPSA) is 47.9 Å². The Kier molecular flexibility index (Phi) is 6.79. The molecular formula is C19H29FN4O. The van der Waals surface area contributed by atoms with Crippen molar-refractivity contribution in [1.82, 2.24) is 15.1 Å². The number of hydrogen-bond acceptors (Lipinski definition) is 2. The normalized spacial score (nSPS) is 19.5. The Morgan fingerprint density at radius 2 is 1.96 bits per heavy atom. The Hall–Kier alpha value is -2.11. The second-order valence-electron chi connectivity index (χ2n) is 6.33. The van der Waals surface area contributed by atoms with E-state index in [2.05, 4.69) is 10.3 Å². The van der Waals surface area contributed by atoms with Crippen molar-refractivity contribution in [2.75, 3.05) is 33.2 Å². The number of nitrogens with one attached hydrogen (secondary N) is 1. The number of amides is 1. The third-order valence-electron chi connectivity index (χ3n) is 4.57. The number of carbonyl (C=O) groups is 1. The molecule has 5 nitrogen and oxygen atoms in total. The van der Waals surface area contributed by atoms with Crippen molar-refractivity contribution in [3.05, 3.63) is 35.6 Å². The van der Waals surface area contributed by atoms with E-state index in [-0.39, 0.29) is 30.2 Å². The Bertz CT molecular complexity index is 615. The molecule has 1 aliphatic carbocycles. The molecule has 1 amide bonds. The number of hydrogen-bond donors (Lipinski definition) is 1. The molecule has 25 heavy (non-hydrogen) atoms. The van der Waals surface area contributed by atoms with E-state index in [1.54, 1.807) is 11.0 Å². The second-order valence-corrected chi connectivity index (χ2v) is 6.33. The Labute approximate surface area is 149 Å². The van der Waals surface area contributed by atoms with Gasteiger partial charge < -0.3 is 15.1 Å². The minimum atomic E-state index is -0.157. The standard InChI is InChI=1S/C19H29FN4O/c1-5-21-19(23(4)13-18(25)24(6-2)7-3)22-17-12-15(17)14-10-8-9-11-16(14)20/h8-11,15,17H,5-7,12-13H2,1-4H3,(H,21,22). The number of nitrogens with zero attached hydrogens (tertiary/aromatic N) is 3. The van der Waals surface area contributed by atoms with Crippen LogP contribution in [0.4, 0.5) is 4.39 Å². The molecule has 1 N–H and O–H groups in total. The number of benzene rings is 1. The van der Waals surface area contributed by atoms with E-state index in [0.717, 1.165) is 12.0 Å². The van der Waals surface area contributed by atoms with Gasteiger partial charge in [0.25, 0.3) is 0 Å². The SMILES string of the molecule is CCN=C(NC1CC1c1ccccc1F)N(C)CC(=O)N(CC)CC. The predicted octanol–water partition coefficient (Wildman–Crippen LogP) is 2.45. The van der Waals surface area contributed by atoms with Gasteiger partial charge in [-0.15, -0.1) is 0 Å². The van der Waals surface area contributed by atoms with Gasteiger partial charge in [0.05, 0.1) is 6.54 Å². The lowest BCUT2D eigenvalue weighted by Crippen LogP contribution is -2.46. The summed E-state index contributed by atoms with van der Waals surface area (Å²) in [6, 6.07) is 7.07. The summed E-state index contributed by atoms with van der Waals surface area (Å²) in [4.78, 5) is 20.4. The van der Waals surface area contributed by atoms with Gasteiger partial charge in [-0.1, -0.05) is 18.2 Å². The first-order valence-corrected chi connectivity index (χ1v) is 9.06. The molecule has 1 saturated carbocycles. The van der Waals surface area contributed by atoms with Gasteiger partial charge >= 0.3 is 0 Å². The van der Waals surface area contributed by atoms with Gasteiger partial charge in [-0.3, -0.25) is 9.79 Å². The number of likely N-dealkylation sites (N-methyl/N-ethyl adjacent to an activating group) is 2. The summed E-state index contributed by atoms with van der Waals surface area (Å²) >= 11 is 0. The first-order valence-electron chi connectivity index (χ1n) is 9.06. The molecule has 1 aliphatic rings. The molecule has 6 heteroatoms. The largest absolute Gasteiger partial charge is 0.353 e. The molecule has 1 aromatic rings. The molecule has 0 spiro atoms. The van der Waals surface area contributed by atoms with Crippen molar-refractivity contribution in [2.24, 2.45) is 4.99 Å². The fraction of sp³-hybridized carbons (Fsp3) is 0.579. The number of halogens is 1. The minimum Gasteiger partial charge on any atom is -0.353 e. The lowest BCUT2D eigenvalue weighted by molar-refractivity contribution is -0.131. The molecule has 0 saturated heterocycles. The first-order chi connectivity index (χ1) is 12.0. The van der Waals surface area contributed by atoms with Crippen LogP contribution in [-0.4, -0.2) is 60.9 Å². The number of rotatable bonds is 7. The highest BCUT2D eigenvalue weighted by Gasteiger charge is 2.41. The molecule has 1 fully saturated rings. The molecule has 0 heterocycles. The van der Waals surface area contributed by atoms with E-state index >= 15 is 0 Å². The van der Waals surface area contributed by atoms with Gasteiger partial charge in [0.1, 0.15) is 5.82 Å². The van der Waals surface area contributed by atoms with Crippen LogP contribution in [-0.2, 0) is 4.79 Å². The van der Waals surface area contributed by atoms with Crippen LogP contribution in [0.5, 0.6) is 0 Å². The Morgan fingerprint density at radius 1 is 1.28 bits per heavy atom. The van der Waals surface area contributed by atoms with Crippen LogP contribution in [0.15, 0.2) is 29.3 Å². The van der Waals surface area contributed by atoms with Gasteiger partial charge in [-0.25, -0.2) is 4.39 Å². The van der Waals surface area contributed by atoms with Crippen LogP contribution in [0.3, 0.4) is 0 Å². The lowest BCUT2D eigenvalue weighted by atomic mass is 10.1. The predicted molar refractivity (Wildman–Crippen MR) is 99.2 cm³/mol. The van der Waals surface area contributed by atoms with Crippen molar-refractivity contribution in [3.63, 3.8) is 0 Å². The zero-order valence-electron chi connectivity index (χ0n) is 15.6. The van der Waals surface area contributed by atoms with Crippen molar-refractivity contribution < 1.29 is 9.18 Å². The Balaban J connectivity index is 1.97. The molecule has 0 aromatic heterocycles. The average molecular weight is 348 g/mol. The fourth-order valence-electron chi connectivity index (χ4n) is 3.02. The highest BCUT2D eigenvalue weighted by atomic mass is 19.1. The molecule has 1 aromatic carbocycles. The van der Waals surface area contributed by atoms with Gasteiger partial charge in [0.2, 0.25) is 5.91 Å². The molecular weight excluding hydrogens is 319 g/mol. The maximum Gasteiger partial charge on any atom is 0.242 e. The summed E-state index contributed by atoms with van der Waals surface area (Å²) in [6.07, 6.45) is 0.876. The molecule has 138 valence electrons. The van der Waals surface area contributed by atoms with Crippen LogP contribution in [0, 0.1) is 5.82 Å².